The fraction of sp³-hybridized carbons (Fsp3) is 0.579. The summed E-state index contributed by atoms with van der Waals surface area (Å²) in [6.45, 7) is 7.45. The third kappa shape index (κ3) is 3.89. The van der Waals surface area contributed by atoms with Crippen molar-refractivity contribution in [2.75, 3.05) is 19.6 Å². The number of amides is 2. The molecule has 1 aromatic rings. The van der Waals surface area contributed by atoms with Crippen LogP contribution in [-0.2, 0) is 11.2 Å². The molecule has 0 radical (unpaired) electrons. The molecule has 3 rings (SSSR count). The van der Waals surface area contributed by atoms with Crippen LogP contribution in [0.4, 0.5) is 4.79 Å². The van der Waals surface area contributed by atoms with Crippen LogP contribution in [0.15, 0.2) is 18.2 Å². The van der Waals surface area contributed by atoms with Gasteiger partial charge in [0.1, 0.15) is 11.4 Å². The number of hydrogen-bond acceptors (Lipinski definition) is 4. The second-order valence-corrected chi connectivity index (χ2v) is 7.79. The maximum atomic E-state index is 12.8. The molecule has 6 heteroatoms. The zero-order valence-corrected chi connectivity index (χ0v) is 15.1. The van der Waals surface area contributed by atoms with Gasteiger partial charge in [0.05, 0.1) is 0 Å². The third-order valence-electron chi connectivity index (χ3n) is 4.76. The standard InChI is InChI=1S/C19H26N2O4/c1-19(2,3)25-18(24)20-9-7-14(8-10-20)21-11-6-13-12-15(22)4-5-16(13)17(21)23/h4-5,12,14,22H,6-11H2,1-3H3. The van der Waals surface area contributed by atoms with E-state index in [1.165, 1.54) is 0 Å². The molecule has 0 saturated carbocycles. The largest absolute Gasteiger partial charge is 0.508 e. The number of fused-ring (bicyclic) bond motifs is 1. The highest BCUT2D eigenvalue weighted by molar-refractivity contribution is 5.97. The maximum absolute atomic E-state index is 12.8. The number of benzene rings is 1. The molecular weight excluding hydrogens is 320 g/mol. The summed E-state index contributed by atoms with van der Waals surface area (Å²) in [5.41, 5.74) is 1.09. The number of phenolic OH excluding ortho intramolecular Hbond substituents is 1. The van der Waals surface area contributed by atoms with Crippen molar-refractivity contribution in [1.29, 1.82) is 0 Å². The normalized spacial score (nSPS) is 18.9. The Kier molecular flexibility index (Phi) is 4.62. The van der Waals surface area contributed by atoms with Crippen LogP contribution in [0.25, 0.3) is 0 Å². The Morgan fingerprint density at radius 2 is 1.88 bits per heavy atom. The summed E-state index contributed by atoms with van der Waals surface area (Å²) in [7, 11) is 0. The van der Waals surface area contributed by atoms with Crippen LogP contribution >= 0.6 is 0 Å². The summed E-state index contributed by atoms with van der Waals surface area (Å²) < 4.78 is 5.42. The minimum Gasteiger partial charge on any atom is -0.508 e. The Labute approximate surface area is 148 Å². The fourth-order valence-electron chi connectivity index (χ4n) is 3.53. The number of piperidine rings is 1. The van der Waals surface area contributed by atoms with Gasteiger partial charge in [0, 0.05) is 31.2 Å². The molecule has 0 aromatic heterocycles. The van der Waals surface area contributed by atoms with Gasteiger partial charge in [-0.1, -0.05) is 0 Å². The van der Waals surface area contributed by atoms with Crippen molar-refractivity contribution in [2.45, 2.75) is 51.7 Å². The SMILES string of the molecule is CC(C)(C)OC(=O)N1CCC(N2CCc3cc(O)ccc3C2=O)CC1. The zero-order chi connectivity index (χ0) is 18.2. The van der Waals surface area contributed by atoms with Crippen LogP contribution in [0.5, 0.6) is 5.75 Å². The molecule has 0 aliphatic carbocycles. The van der Waals surface area contributed by atoms with E-state index in [1.54, 1.807) is 23.1 Å². The van der Waals surface area contributed by atoms with E-state index in [9.17, 15) is 14.7 Å². The molecule has 0 unspecified atom stereocenters. The lowest BCUT2D eigenvalue weighted by Crippen LogP contribution is -2.51. The summed E-state index contributed by atoms with van der Waals surface area (Å²) >= 11 is 0. The van der Waals surface area contributed by atoms with E-state index in [0.29, 0.717) is 25.2 Å². The van der Waals surface area contributed by atoms with Gasteiger partial charge < -0.3 is 19.6 Å². The molecule has 25 heavy (non-hydrogen) atoms. The first-order chi connectivity index (χ1) is 11.7. The van der Waals surface area contributed by atoms with Crippen molar-refractivity contribution < 1.29 is 19.4 Å². The quantitative estimate of drug-likeness (QED) is 0.849. The molecule has 2 amide bonds. The van der Waals surface area contributed by atoms with Crippen LogP contribution < -0.4 is 0 Å². The van der Waals surface area contributed by atoms with Gasteiger partial charge in [-0.3, -0.25) is 4.79 Å². The average Bonchev–Trinajstić information content (AvgIpc) is 2.53. The van der Waals surface area contributed by atoms with E-state index in [-0.39, 0.29) is 23.8 Å². The summed E-state index contributed by atoms with van der Waals surface area (Å²) in [6, 6.07) is 5.09. The van der Waals surface area contributed by atoms with E-state index in [4.69, 9.17) is 4.74 Å². The Balaban J connectivity index is 1.61. The number of nitrogens with zero attached hydrogens (tertiary/aromatic N) is 2. The van der Waals surface area contributed by atoms with Gasteiger partial charge >= 0.3 is 6.09 Å². The van der Waals surface area contributed by atoms with E-state index < -0.39 is 5.60 Å². The van der Waals surface area contributed by atoms with E-state index in [0.717, 1.165) is 24.8 Å². The zero-order valence-electron chi connectivity index (χ0n) is 15.1. The first-order valence-corrected chi connectivity index (χ1v) is 8.85. The molecular formula is C19H26N2O4. The molecule has 1 aromatic carbocycles. The minimum absolute atomic E-state index is 0.0250. The van der Waals surface area contributed by atoms with Crippen molar-refractivity contribution in [2.24, 2.45) is 0 Å². The summed E-state index contributed by atoms with van der Waals surface area (Å²) in [4.78, 5) is 28.6. The van der Waals surface area contributed by atoms with E-state index in [2.05, 4.69) is 0 Å². The number of carbonyl (C=O) groups is 2. The molecule has 6 nitrogen and oxygen atoms in total. The molecule has 136 valence electrons. The van der Waals surface area contributed by atoms with Crippen LogP contribution in [0, 0.1) is 0 Å². The van der Waals surface area contributed by atoms with Crippen molar-refractivity contribution >= 4 is 12.0 Å². The summed E-state index contributed by atoms with van der Waals surface area (Å²) in [6.07, 6.45) is 2.00. The van der Waals surface area contributed by atoms with E-state index in [1.807, 2.05) is 25.7 Å². The number of rotatable bonds is 1. The average molecular weight is 346 g/mol. The van der Waals surface area contributed by atoms with Gasteiger partial charge in [-0.05, 0) is 63.8 Å². The van der Waals surface area contributed by atoms with Crippen molar-refractivity contribution in [3.05, 3.63) is 29.3 Å². The number of carbonyl (C=O) groups excluding carboxylic acids is 2. The molecule has 1 saturated heterocycles. The minimum atomic E-state index is -0.494. The Bertz CT molecular complexity index is 672. The van der Waals surface area contributed by atoms with Gasteiger partial charge in [-0.2, -0.15) is 0 Å². The number of phenols is 1. The van der Waals surface area contributed by atoms with Gasteiger partial charge in [-0.25, -0.2) is 4.79 Å². The number of ether oxygens (including phenoxy) is 1. The molecule has 2 aliphatic rings. The van der Waals surface area contributed by atoms with E-state index >= 15 is 0 Å². The highest BCUT2D eigenvalue weighted by Gasteiger charge is 2.34. The topological polar surface area (TPSA) is 70.1 Å². The lowest BCUT2D eigenvalue weighted by Gasteiger charge is -2.40. The molecule has 2 heterocycles. The Morgan fingerprint density at radius 1 is 1.20 bits per heavy atom. The Hall–Kier alpha value is -2.24. The van der Waals surface area contributed by atoms with Crippen LogP contribution in [0.3, 0.4) is 0 Å². The Morgan fingerprint density at radius 3 is 2.52 bits per heavy atom. The van der Waals surface area contributed by atoms with Crippen molar-refractivity contribution in [3.63, 3.8) is 0 Å². The van der Waals surface area contributed by atoms with Gasteiger partial charge in [0.25, 0.3) is 5.91 Å². The first kappa shape index (κ1) is 17.6. The molecule has 0 atom stereocenters. The lowest BCUT2D eigenvalue weighted by molar-refractivity contribution is 0.0144. The van der Waals surface area contributed by atoms with Gasteiger partial charge in [-0.15, -0.1) is 0 Å². The highest BCUT2D eigenvalue weighted by atomic mass is 16.6. The predicted molar refractivity (Wildman–Crippen MR) is 93.7 cm³/mol. The highest BCUT2D eigenvalue weighted by Crippen LogP contribution is 2.27. The fourth-order valence-corrected chi connectivity index (χ4v) is 3.53. The second-order valence-electron chi connectivity index (χ2n) is 7.79. The second kappa shape index (κ2) is 6.58. The van der Waals surface area contributed by atoms with Gasteiger partial charge in [0.2, 0.25) is 0 Å². The monoisotopic (exact) mass is 346 g/mol. The number of hydrogen-bond donors (Lipinski definition) is 1. The lowest BCUT2D eigenvalue weighted by atomic mass is 9.94. The molecule has 0 spiro atoms. The smallest absolute Gasteiger partial charge is 0.410 e. The summed E-state index contributed by atoms with van der Waals surface area (Å²) in [5.74, 6) is 0.225. The third-order valence-corrected chi connectivity index (χ3v) is 4.76. The van der Waals surface area contributed by atoms with Crippen LogP contribution in [-0.4, -0.2) is 58.2 Å². The van der Waals surface area contributed by atoms with Crippen molar-refractivity contribution in [3.8, 4) is 5.75 Å². The summed E-state index contributed by atoms with van der Waals surface area (Å²) in [5, 5.41) is 9.58. The molecule has 2 aliphatic heterocycles. The molecule has 0 bridgehead atoms. The van der Waals surface area contributed by atoms with Crippen LogP contribution in [0.2, 0.25) is 0 Å². The van der Waals surface area contributed by atoms with Gasteiger partial charge in [0.15, 0.2) is 0 Å². The first-order valence-electron chi connectivity index (χ1n) is 8.85. The van der Waals surface area contributed by atoms with Crippen molar-refractivity contribution in [1.82, 2.24) is 9.80 Å². The maximum Gasteiger partial charge on any atom is 0.410 e. The molecule has 1 N–H and O–H groups in total. The van der Waals surface area contributed by atoms with Crippen LogP contribution in [0.1, 0.15) is 49.5 Å². The molecule has 1 fully saturated rings. The number of aromatic hydroxyl groups is 1. The predicted octanol–water partition coefficient (Wildman–Crippen LogP) is 2.79. The number of likely N-dealkylation sites (tertiary alicyclic amines) is 1.